The van der Waals surface area contributed by atoms with E-state index < -0.39 is 11.7 Å². The lowest BCUT2D eigenvalue weighted by Crippen LogP contribution is -2.49. The lowest BCUT2D eigenvalue weighted by atomic mass is 9.89. The van der Waals surface area contributed by atoms with E-state index in [4.69, 9.17) is 4.74 Å². The van der Waals surface area contributed by atoms with Gasteiger partial charge in [-0.2, -0.15) is 13.2 Å². The smallest absolute Gasteiger partial charge is 0.416 e. The molecule has 1 atom stereocenters. The number of rotatable bonds is 5. The second-order valence-corrected chi connectivity index (χ2v) is 8.05. The van der Waals surface area contributed by atoms with Crippen LogP contribution in [-0.4, -0.2) is 42.4 Å². The van der Waals surface area contributed by atoms with Gasteiger partial charge in [-0.05, 0) is 49.1 Å². The van der Waals surface area contributed by atoms with Crippen molar-refractivity contribution in [2.75, 3.05) is 26.2 Å². The van der Waals surface area contributed by atoms with Gasteiger partial charge in [-0.3, -0.25) is 4.90 Å². The molecule has 2 N–H and O–H groups in total. The van der Waals surface area contributed by atoms with Crippen LogP contribution in [0.5, 0.6) is 11.5 Å². The molecule has 2 aromatic carbocycles. The number of nitrogens with one attached hydrogen (secondary N) is 1. The fourth-order valence-electron chi connectivity index (χ4n) is 3.80. The summed E-state index contributed by atoms with van der Waals surface area (Å²) in [6.07, 6.45) is -4.72. The van der Waals surface area contributed by atoms with E-state index >= 15 is 0 Å². The third kappa shape index (κ3) is 4.73. The third-order valence-electron chi connectivity index (χ3n) is 5.59. The molecule has 1 aliphatic heterocycles. The van der Waals surface area contributed by atoms with Gasteiger partial charge in [0.25, 0.3) is 0 Å². The molecule has 30 heavy (non-hydrogen) atoms. The summed E-state index contributed by atoms with van der Waals surface area (Å²) in [5.41, 5.74) is 1.60. The Balaban J connectivity index is 2.14. The molecule has 3 rings (SSSR count). The molecule has 7 heteroatoms. The van der Waals surface area contributed by atoms with Crippen LogP contribution in [0.4, 0.5) is 13.2 Å². The van der Waals surface area contributed by atoms with Crippen LogP contribution in [-0.2, 0) is 6.18 Å². The molecule has 0 saturated carbocycles. The maximum atomic E-state index is 13.4. The normalized spacial score (nSPS) is 16.7. The number of hydrogen-bond donors (Lipinski definition) is 2. The molecule has 1 heterocycles. The van der Waals surface area contributed by atoms with Gasteiger partial charge < -0.3 is 15.2 Å². The van der Waals surface area contributed by atoms with Crippen molar-refractivity contribution in [3.05, 3.63) is 47.0 Å². The number of halogens is 3. The highest BCUT2D eigenvalue weighted by atomic mass is 19.4. The summed E-state index contributed by atoms with van der Waals surface area (Å²) in [7, 11) is 0. The molecule has 0 amide bonds. The predicted octanol–water partition coefficient (Wildman–Crippen LogP) is 5.14. The van der Waals surface area contributed by atoms with Crippen molar-refractivity contribution in [1.82, 2.24) is 10.2 Å². The maximum Gasteiger partial charge on any atom is 0.416 e. The summed E-state index contributed by atoms with van der Waals surface area (Å²) in [5, 5.41) is 13.8. The highest BCUT2D eigenvalue weighted by Gasteiger charge is 2.31. The summed E-state index contributed by atoms with van der Waals surface area (Å²) >= 11 is 0. The van der Waals surface area contributed by atoms with E-state index in [0.717, 1.165) is 43.9 Å². The minimum absolute atomic E-state index is 0.0158. The lowest BCUT2D eigenvalue weighted by molar-refractivity contribution is -0.137. The van der Waals surface area contributed by atoms with Crippen LogP contribution in [0, 0.1) is 6.92 Å². The number of hydrogen-bond acceptors (Lipinski definition) is 4. The summed E-state index contributed by atoms with van der Waals surface area (Å²) < 4.78 is 46.4. The molecule has 1 saturated heterocycles. The van der Waals surface area contributed by atoms with Gasteiger partial charge in [0.2, 0.25) is 0 Å². The highest BCUT2D eigenvalue weighted by Crippen LogP contribution is 2.45. The molecule has 4 nitrogen and oxygen atoms in total. The van der Waals surface area contributed by atoms with E-state index in [1.807, 2.05) is 20.8 Å². The van der Waals surface area contributed by atoms with Crippen LogP contribution in [0.15, 0.2) is 30.3 Å². The molecule has 1 fully saturated rings. The van der Waals surface area contributed by atoms with E-state index in [1.165, 1.54) is 6.07 Å². The number of alkyl halides is 3. The first-order valence-electron chi connectivity index (χ1n) is 10.2. The van der Waals surface area contributed by atoms with E-state index in [-0.39, 0.29) is 17.9 Å². The molecular weight excluding hydrogens is 393 g/mol. The fourth-order valence-corrected chi connectivity index (χ4v) is 3.80. The van der Waals surface area contributed by atoms with Gasteiger partial charge in [0.05, 0.1) is 5.56 Å². The Kier molecular flexibility index (Phi) is 6.62. The zero-order valence-corrected chi connectivity index (χ0v) is 17.8. The Morgan fingerprint density at radius 3 is 2.37 bits per heavy atom. The summed E-state index contributed by atoms with van der Waals surface area (Å²) in [6, 6.07) is 6.93. The first kappa shape index (κ1) is 22.4. The Morgan fingerprint density at radius 1 is 1.10 bits per heavy atom. The summed E-state index contributed by atoms with van der Waals surface area (Å²) in [5.74, 6) is 0.499. The van der Waals surface area contributed by atoms with Crippen LogP contribution >= 0.6 is 0 Å². The monoisotopic (exact) mass is 422 g/mol. The van der Waals surface area contributed by atoms with Gasteiger partial charge >= 0.3 is 6.18 Å². The van der Waals surface area contributed by atoms with Crippen molar-refractivity contribution in [2.24, 2.45) is 0 Å². The average Bonchev–Trinajstić information content (AvgIpc) is 2.71. The topological polar surface area (TPSA) is 44.7 Å². The van der Waals surface area contributed by atoms with Crippen molar-refractivity contribution in [3.8, 4) is 22.6 Å². The van der Waals surface area contributed by atoms with Crippen molar-refractivity contribution in [3.63, 3.8) is 0 Å². The number of benzene rings is 2. The Bertz CT molecular complexity index is 891. The average molecular weight is 422 g/mol. The first-order chi connectivity index (χ1) is 14.1. The van der Waals surface area contributed by atoms with Crippen LogP contribution in [0.3, 0.4) is 0 Å². The molecule has 0 aliphatic carbocycles. The number of phenolic OH excluding ortho intramolecular Hbond substituents is 1. The zero-order valence-electron chi connectivity index (χ0n) is 17.8. The van der Waals surface area contributed by atoms with E-state index in [2.05, 4.69) is 10.2 Å². The number of phenols is 1. The molecule has 1 aliphatic rings. The molecule has 2 aromatic rings. The quantitative estimate of drug-likeness (QED) is 0.700. The van der Waals surface area contributed by atoms with Crippen LogP contribution in [0.1, 0.15) is 43.4 Å². The Labute approximate surface area is 175 Å². The van der Waals surface area contributed by atoms with E-state index in [0.29, 0.717) is 22.4 Å². The molecule has 164 valence electrons. The predicted molar refractivity (Wildman–Crippen MR) is 112 cm³/mol. The molecule has 0 bridgehead atoms. The minimum atomic E-state index is -4.44. The zero-order chi connectivity index (χ0) is 22.1. The van der Waals surface area contributed by atoms with Crippen LogP contribution < -0.4 is 10.1 Å². The van der Waals surface area contributed by atoms with Crippen molar-refractivity contribution in [1.29, 1.82) is 0 Å². The van der Waals surface area contributed by atoms with Crippen LogP contribution in [0.25, 0.3) is 11.1 Å². The lowest BCUT2D eigenvalue weighted by Gasteiger charge is -2.34. The van der Waals surface area contributed by atoms with Crippen molar-refractivity contribution < 1.29 is 23.0 Å². The third-order valence-corrected chi connectivity index (χ3v) is 5.59. The second kappa shape index (κ2) is 8.86. The van der Waals surface area contributed by atoms with Crippen LogP contribution in [0.2, 0.25) is 0 Å². The summed E-state index contributed by atoms with van der Waals surface area (Å²) in [4.78, 5) is 2.17. The number of nitrogens with zero attached hydrogens (tertiary/aromatic N) is 1. The molecular formula is C23H29F3N2O2. The SMILES string of the molecule is Cc1c(O)cc(C(C)C)c(-c2cccc(C(F)(F)F)c2)c1OC(C)N1CCNCC1. The number of piperazine rings is 1. The first-order valence-corrected chi connectivity index (χ1v) is 10.2. The van der Waals surface area contributed by atoms with Gasteiger partial charge in [0, 0.05) is 37.3 Å². The Hall–Kier alpha value is -2.25. The molecule has 0 spiro atoms. The maximum absolute atomic E-state index is 13.4. The van der Waals surface area contributed by atoms with E-state index in [9.17, 15) is 18.3 Å². The molecule has 0 aromatic heterocycles. The van der Waals surface area contributed by atoms with E-state index in [1.54, 1.807) is 19.1 Å². The highest BCUT2D eigenvalue weighted by molar-refractivity contribution is 5.78. The molecule has 1 unspecified atom stereocenters. The minimum Gasteiger partial charge on any atom is -0.508 e. The second-order valence-electron chi connectivity index (χ2n) is 8.05. The molecule has 0 radical (unpaired) electrons. The fraction of sp³-hybridized carbons (Fsp3) is 0.478. The van der Waals surface area contributed by atoms with Crippen molar-refractivity contribution in [2.45, 2.75) is 46.0 Å². The van der Waals surface area contributed by atoms with Gasteiger partial charge in [-0.1, -0.05) is 26.0 Å². The van der Waals surface area contributed by atoms with Crippen molar-refractivity contribution >= 4 is 0 Å². The van der Waals surface area contributed by atoms with Gasteiger partial charge in [-0.25, -0.2) is 0 Å². The Morgan fingerprint density at radius 2 is 1.77 bits per heavy atom. The van der Waals surface area contributed by atoms with Gasteiger partial charge in [0.15, 0.2) is 0 Å². The largest absolute Gasteiger partial charge is 0.508 e. The van der Waals surface area contributed by atoms with Gasteiger partial charge in [-0.15, -0.1) is 0 Å². The number of aromatic hydroxyl groups is 1. The number of ether oxygens (including phenoxy) is 1. The standard InChI is InChI=1S/C23H29F3N2O2/c1-14(2)19-13-20(29)15(3)22(30-16(4)28-10-8-27-9-11-28)21(19)17-6-5-7-18(12-17)23(24,25)26/h5-7,12-14,16,27,29H,8-11H2,1-4H3. The summed E-state index contributed by atoms with van der Waals surface area (Å²) in [6.45, 7) is 10.9. The van der Waals surface area contributed by atoms with Gasteiger partial charge in [0.1, 0.15) is 17.7 Å².